The highest BCUT2D eigenvalue weighted by atomic mass is 127. The maximum Gasteiger partial charge on any atom is 0.323 e. The topological polar surface area (TPSA) is 76.2 Å². The van der Waals surface area contributed by atoms with Gasteiger partial charge in [0.2, 0.25) is 0 Å². The van der Waals surface area contributed by atoms with Gasteiger partial charge in [0.25, 0.3) is 0 Å². The third-order valence-electron chi connectivity index (χ3n) is 4.23. The van der Waals surface area contributed by atoms with Crippen LogP contribution in [0, 0.1) is 8.98 Å². The number of carbonyl (C=O) groups is 1. The summed E-state index contributed by atoms with van der Waals surface area (Å²) < 4.78 is 6.36. The van der Waals surface area contributed by atoms with Crippen molar-refractivity contribution in [3.8, 4) is 0 Å². The lowest BCUT2D eigenvalue weighted by Crippen LogP contribution is -2.38. The van der Waals surface area contributed by atoms with Gasteiger partial charge in [-0.1, -0.05) is 78.9 Å². The molecule has 3 rings (SSSR count). The first kappa shape index (κ1) is 24.8. The number of ether oxygens (including phenoxy) is 1. The van der Waals surface area contributed by atoms with Crippen LogP contribution < -0.4 is 5.73 Å². The van der Waals surface area contributed by atoms with E-state index in [1.54, 1.807) is 0 Å². The molecule has 0 amide bonds. The van der Waals surface area contributed by atoms with E-state index in [-0.39, 0.29) is 5.97 Å². The first-order valence-electron chi connectivity index (χ1n) is 10.1. The monoisotopic (exact) mass is 528 g/mol. The van der Waals surface area contributed by atoms with Crippen LogP contribution in [0.5, 0.6) is 0 Å². The molecule has 162 valence electrons. The predicted molar refractivity (Wildman–Crippen MR) is 135 cm³/mol. The van der Waals surface area contributed by atoms with Crippen LogP contribution in [0.25, 0.3) is 0 Å². The van der Waals surface area contributed by atoms with Crippen LogP contribution in [-0.4, -0.2) is 23.3 Å². The van der Waals surface area contributed by atoms with Crippen molar-refractivity contribution in [3.05, 3.63) is 105 Å². The van der Waals surface area contributed by atoms with Crippen LogP contribution >= 0.6 is 22.6 Å². The smallest absolute Gasteiger partial charge is 0.323 e. The second-order valence-corrected chi connectivity index (χ2v) is 9.20. The van der Waals surface area contributed by atoms with E-state index in [2.05, 4.69) is 22.6 Å². The van der Waals surface area contributed by atoms with Crippen LogP contribution in [0.2, 0.25) is 0 Å². The van der Waals surface area contributed by atoms with Gasteiger partial charge in [-0.2, -0.15) is 0 Å². The van der Waals surface area contributed by atoms with E-state index in [0.717, 1.165) is 20.3 Å². The largest absolute Gasteiger partial charge is 0.459 e. The van der Waals surface area contributed by atoms with E-state index < -0.39 is 11.6 Å². The summed E-state index contributed by atoms with van der Waals surface area (Å²) in [4.78, 5) is 11.7. The molecule has 31 heavy (non-hydrogen) atoms. The van der Waals surface area contributed by atoms with Gasteiger partial charge in [-0.25, -0.2) is 0 Å². The van der Waals surface area contributed by atoms with Gasteiger partial charge < -0.3 is 10.5 Å². The summed E-state index contributed by atoms with van der Waals surface area (Å²) in [5.41, 5.74) is 8.92. The molecule has 0 aliphatic rings. The molecule has 0 bridgehead atoms. The van der Waals surface area contributed by atoms with E-state index in [9.17, 15) is 4.79 Å². The summed E-state index contributed by atoms with van der Waals surface area (Å²) in [7, 11) is 0. The number of carbonyl (C=O) groups excluding carboxylic acids is 1. The molecule has 0 fully saturated rings. The molecule has 3 aromatic carbocycles. The lowest BCUT2D eigenvalue weighted by molar-refractivity contribution is -0.156. The van der Waals surface area contributed by atoms with Crippen molar-refractivity contribution in [2.45, 2.75) is 38.8 Å². The first-order valence-corrected chi connectivity index (χ1v) is 11.2. The van der Waals surface area contributed by atoms with Crippen LogP contribution in [-0.2, 0) is 16.0 Å². The van der Waals surface area contributed by atoms with Gasteiger partial charge in [0.1, 0.15) is 11.6 Å². The first-order chi connectivity index (χ1) is 14.7. The molecule has 4 nitrogen and oxygen atoms in total. The molecule has 0 saturated heterocycles. The van der Waals surface area contributed by atoms with Crippen molar-refractivity contribution in [3.63, 3.8) is 0 Å². The fourth-order valence-electron chi connectivity index (χ4n) is 2.74. The number of hydrogen-bond donors (Lipinski definition) is 2. The Morgan fingerprint density at radius 1 is 0.903 bits per heavy atom. The zero-order valence-electron chi connectivity index (χ0n) is 18.1. The standard InChI is InChI=1S/C13H18INO2.C13H11N/c1-13(2,3)17-12(16)11(15)8-9-6-4-5-7-10(9)14;14-13(11-7-3-1-4-8-11)12-9-5-2-6-10-12/h4-7,11H,8,15H2,1-3H3;1-10,14H/t11-;/m0./s1. The molecule has 1 atom stereocenters. The van der Waals surface area contributed by atoms with Gasteiger partial charge in [-0.15, -0.1) is 0 Å². The van der Waals surface area contributed by atoms with Crippen molar-refractivity contribution in [2.24, 2.45) is 5.73 Å². The van der Waals surface area contributed by atoms with Gasteiger partial charge in [-0.05, 0) is 72.5 Å². The third kappa shape index (κ3) is 8.63. The number of hydrogen-bond acceptors (Lipinski definition) is 4. The molecule has 5 heteroatoms. The van der Waals surface area contributed by atoms with E-state index in [1.165, 1.54) is 0 Å². The van der Waals surface area contributed by atoms with Crippen LogP contribution in [0.3, 0.4) is 0 Å². The van der Waals surface area contributed by atoms with Gasteiger partial charge in [0.15, 0.2) is 0 Å². The quantitative estimate of drug-likeness (QED) is 0.257. The number of rotatable bonds is 5. The summed E-state index contributed by atoms with van der Waals surface area (Å²) in [6, 6.07) is 26.8. The zero-order valence-corrected chi connectivity index (χ0v) is 20.3. The normalized spacial score (nSPS) is 11.6. The lowest BCUT2D eigenvalue weighted by Gasteiger charge is -2.22. The van der Waals surface area contributed by atoms with Gasteiger partial charge in [0, 0.05) is 3.57 Å². The molecule has 0 aliphatic heterocycles. The molecule has 0 radical (unpaired) electrons. The minimum Gasteiger partial charge on any atom is -0.459 e. The summed E-state index contributed by atoms with van der Waals surface area (Å²) in [5, 5.41) is 7.97. The zero-order chi connectivity index (χ0) is 22.9. The van der Waals surface area contributed by atoms with E-state index in [0.29, 0.717) is 12.1 Å². The minimum absolute atomic E-state index is 0.350. The van der Waals surface area contributed by atoms with Gasteiger partial charge >= 0.3 is 5.97 Å². The maximum absolute atomic E-state index is 11.7. The molecule has 3 aromatic rings. The van der Waals surface area contributed by atoms with Crippen LogP contribution in [0.1, 0.15) is 37.5 Å². The number of halogens is 1. The maximum atomic E-state index is 11.7. The molecule has 0 aromatic heterocycles. The second kappa shape index (κ2) is 11.8. The van der Waals surface area contributed by atoms with Crippen LogP contribution in [0.15, 0.2) is 84.9 Å². The summed E-state index contributed by atoms with van der Waals surface area (Å²) in [5.74, 6) is -0.350. The fourth-order valence-corrected chi connectivity index (χ4v) is 3.35. The Morgan fingerprint density at radius 2 is 1.35 bits per heavy atom. The SMILES string of the molecule is CC(C)(C)OC(=O)[C@@H](N)Cc1ccccc1I.N=C(c1ccccc1)c1ccccc1. The number of nitrogens with one attached hydrogen (secondary N) is 1. The van der Waals surface area contributed by atoms with Crippen molar-refractivity contribution in [1.29, 1.82) is 5.41 Å². The molecule has 0 spiro atoms. The number of nitrogens with two attached hydrogens (primary N) is 1. The Kier molecular flexibility index (Phi) is 9.40. The Bertz CT molecular complexity index is 942. The molecule has 0 unspecified atom stereocenters. The van der Waals surface area contributed by atoms with Crippen molar-refractivity contribution in [2.75, 3.05) is 0 Å². The van der Waals surface area contributed by atoms with Crippen LogP contribution in [0.4, 0.5) is 0 Å². The summed E-state index contributed by atoms with van der Waals surface area (Å²) in [6.07, 6.45) is 0.508. The Morgan fingerprint density at radius 3 is 1.81 bits per heavy atom. The third-order valence-corrected chi connectivity index (χ3v) is 5.28. The highest BCUT2D eigenvalue weighted by Gasteiger charge is 2.22. The number of benzene rings is 3. The lowest BCUT2D eigenvalue weighted by atomic mass is 10.0. The summed E-state index contributed by atoms with van der Waals surface area (Å²) in [6.45, 7) is 5.51. The predicted octanol–water partition coefficient (Wildman–Crippen LogP) is 5.61. The molecule has 0 saturated carbocycles. The average Bonchev–Trinajstić information content (AvgIpc) is 2.75. The average molecular weight is 528 g/mol. The highest BCUT2D eigenvalue weighted by molar-refractivity contribution is 14.1. The number of esters is 1. The second-order valence-electron chi connectivity index (χ2n) is 8.04. The Balaban J connectivity index is 0.000000224. The molecule has 0 aliphatic carbocycles. The van der Waals surface area contributed by atoms with E-state index in [4.69, 9.17) is 15.9 Å². The van der Waals surface area contributed by atoms with Crippen molar-refractivity contribution >= 4 is 34.3 Å². The van der Waals surface area contributed by atoms with E-state index in [1.807, 2.05) is 106 Å². The van der Waals surface area contributed by atoms with E-state index >= 15 is 0 Å². The van der Waals surface area contributed by atoms with Gasteiger partial charge in [0.05, 0.1) is 5.71 Å². The molecule has 0 heterocycles. The highest BCUT2D eigenvalue weighted by Crippen LogP contribution is 2.15. The van der Waals surface area contributed by atoms with Gasteiger partial charge in [-0.3, -0.25) is 10.2 Å². The van der Waals surface area contributed by atoms with Crippen molar-refractivity contribution in [1.82, 2.24) is 0 Å². The fraction of sp³-hybridized carbons (Fsp3) is 0.231. The molecular formula is C26H29IN2O2. The molecule has 3 N–H and O–H groups in total. The Hall–Kier alpha value is -2.51. The molecular weight excluding hydrogens is 499 g/mol. The minimum atomic E-state index is -0.606. The summed E-state index contributed by atoms with van der Waals surface area (Å²) >= 11 is 2.24. The Labute approximate surface area is 198 Å². The van der Waals surface area contributed by atoms with Crippen molar-refractivity contribution < 1.29 is 9.53 Å².